The molecule has 0 fully saturated rings. The molecular weight excluding hydrogens is 402 g/mol. The number of nitro groups is 1. The SMILES string of the molecule is COc1cc(C=C(C#N)C(=O)Nc2ccc([N+](=O)[O-])cc2Cl)ccc1OC(C)=O. The number of carbonyl (C=O) groups is 2. The number of halogens is 1. The molecule has 0 saturated carbocycles. The van der Waals surface area contributed by atoms with Crippen LogP contribution in [0.2, 0.25) is 5.02 Å². The third-order valence-corrected chi connectivity index (χ3v) is 3.84. The number of nitriles is 1. The van der Waals surface area contributed by atoms with Gasteiger partial charge in [-0.05, 0) is 29.8 Å². The van der Waals surface area contributed by atoms with Gasteiger partial charge in [0.15, 0.2) is 11.5 Å². The van der Waals surface area contributed by atoms with Crippen molar-refractivity contribution in [2.75, 3.05) is 12.4 Å². The van der Waals surface area contributed by atoms with E-state index in [1.165, 1.54) is 50.4 Å². The fourth-order valence-corrected chi connectivity index (χ4v) is 2.46. The van der Waals surface area contributed by atoms with Gasteiger partial charge in [0.1, 0.15) is 11.6 Å². The molecule has 148 valence electrons. The predicted octanol–water partition coefficient (Wildman–Crippen LogP) is 3.73. The summed E-state index contributed by atoms with van der Waals surface area (Å²) in [6.45, 7) is 1.24. The van der Waals surface area contributed by atoms with E-state index >= 15 is 0 Å². The Bertz CT molecular complexity index is 1060. The minimum Gasteiger partial charge on any atom is -0.493 e. The van der Waals surface area contributed by atoms with E-state index < -0.39 is 16.8 Å². The van der Waals surface area contributed by atoms with Gasteiger partial charge in [0.2, 0.25) is 0 Å². The van der Waals surface area contributed by atoms with Gasteiger partial charge in [-0.1, -0.05) is 17.7 Å². The van der Waals surface area contributed by atoms with Gasteiger partial charge in [-0.2, -0.15) is 5.26 Å². The number of non-ortho nitro benzene ring substituents is 1. The Hall–Kier alpha value is -3.90. The summed E-state index contributed by atoms with van der Waals surface area (Å²) >= 11 is 5.94. The van der Waals surface area contributed by atoms with Crippen LogP contribution in [0.5, 0.6) is 11.5 Å². The molecule has 0 bridgehead atoms. The first-order valence-corrected chi connectivity index (χ1v) is 8.36. The Labute approximate surface area is 170 Å². The van der Waals surface area contributed by atoms with Crippen molar-refractivity contribution in [1.82, 2.24) is 0 Å². The van der Waals surface area contributed by atoms with Gasteiger partial charge >= 0.3 is 5.97 Å². The highest BCUT2D eigenvalue weighted by Gasteiger charge is 2.15. The van der Waals surface area contributed by atoms with E-state index in [4.69, 9.17) is 21.1 Å². The van der Waals surface area contributed by atoms with Crippen molar-refractivity contribution in [3.63, 3.8) is 0 Å². The molecule has 2 rings (SSSR count). The Kier molecular flexibility index (Phi) is 6.89. The van der Waals surface area contributed by atoms with Gasteiger partial charge in [0.25, 0.3) is 11.6 Å². The highest BCUT2D eigenvalue weighted by atomic mass is 35.5. The molecule has 0 heterocycles. The summed E-state index contributed by atoms with van der Waals surface area (Å²) in [6.07, 6.45) is 1.30. The number of hydrogen-bond acceptors (Lipinski definition) is 7. The average molecular weight is 416 g/mol. The van der Waals surface area contributed by atoms with Gasteiger partial charge in [-0.15, -0.1) is 0 Å². The number of rotatable bonds is 6. The van der Waals surface area contributed by atoms with E-state index in [1.807, 2.05) is 0 Å². The van der Waals surface area contributed by atoms with E-state index in [-0.39, 0.29) is 33.5 Å². The number of anilines is 1. The lowest BCUT2D eigenvalue weighted by molar-refractivity contribution is -0.384. The number of benzene rings is 2. The van der Waals surface area contributed by atoms with Crippen LogP contribution >= 0.6 is 11.6 Å². The summed E-state index contributed by atoms with van der Waals surface area (Å²) in [5.41, 5.74) is 0.0798. The Morgan fingerprint density at radius 1 is 1.24 bits per heavy atom. The van der Waals surface area contributed by atoms with Crippen molar-refractivity contribution in [2.45, 2.75) is 6.92 Å². The molecule has 0 radical (unpaired) electrons. The molecule has 0 aliphatic heterocycles. The first-order chi connectivity index (χ1) is 13.7. The van der Waals surface area contributed by atoms with Crippen LogP contribution in [-0.4, -0.2) is 23.9 Å². The average Bonchev–Trinajstić information content (AvgIpc) is 2.67. The maximum Gasteiger partial charge on any atom is 0.308 e. The summed E-state index contributed by atoms with van der Waals surface area (Å²) in [5, 5.41) is 22.5. The quantitative estimate of drug-likeness (QED) is 0.190. The van der Waals surface area contributed by atoms with E-state index in [2.05, 4.69) is 5.32 Å². The second kappa shape index (κ2) is 9.34. The monoisotopic (exact) mass is 415 g/mol. The van der Waals surface area contributed by atoms with Gasteiger partial charge < -0.3 is 14.8 Å². The van der Waals surface area contributed by atoms with Gasteiger partial charge in [0.05, 0.1) is 22.7 Å². The topological polar surface area (TPSA) is 132 Å². The second-order valence-corrected chi connectivity index (χ2v) is 5.96. The lowest BCUT2D eigenvalue weighted by atomic mass is 10.1. The number of amides is 1. The summed E-state index contributed by atoms with van der Waals surface area (Å²) in [4.78, 5) is 33.6. The summed E-state index contributed by atoms with van der Waals surface area (Å²) in [6, 6.07) is 9.79. The Balaban J connectivity index is 2.27. The van der Waals surface area contributed by atoms with Crippen LogP contribution in [0.4, 0.5) is 11.4 Å². The molecule has 0 unspecified atom stereocenters. The maximum absolute atomic E-state index is 12.4. The van der Waals surface area contributed by atoms with Crippen LogP contribution in [0.3, 0.4) is 0 Å². The smallest absolute Gasteiger partial charge is 0.308 e. The standard InChI is InChI=1S/C19H14ClN3O6/c1-11(24)29-17-6-3-12(8-18(17)28-2)7-13(10-21)19(25)22-16-5-4-14(23(26)27)9-15(16)20/h3-9H,1-2H3,(H,22,25). The maximum atomic E-state index is 12.4. The zero-order valence-corrected chi connectivity index (χ0v) is 16.0. The molecule has 10 heteroatoms. The predicted molar refractivity (Wildman–Crippen MR) is 105 cm³/mol. The molecule has 1 amide bonds. The zero-order valence-electron chi connectivity index (χ0n) is 15.3. The highest BCUT2D eigenvalue weighted by molar-refractivity contribution is 6.34. The fraction of sp³-hybridized carbons (Fsp3) is 0.105. The third-order valence-electron chi connectivity index (χ3n) is 3.53. The molecule has 0 aromatic heterocycles. The van der Waals surface area contributed by atoms with Gasteiger partial charge in [-0.25, -0.2) is 0 Å². The summed E-state index contributed by atoms with van der Waals surface area (Å²) in [5.74, 6) is -0.849. The van der Waals surface area contributed by atoms with Crippen LogP contribution < -0.4 is 14.8 Å². The number of esters is 1. The minimum atomic E-state index is -0.758. The van der Waals surface area contributed by atoms with Crippen LogP contribution in [-0.2, 0) is 9.59 Å². The lowest BCUT2D eigenvalue weighted by Gasteiger charge is -2.09. The number of nitrogens with one attached hydrogen (secondary N) is 1. The van der Waals surface area contributed by atoms with Crippen molar-refractivity contribution in [3.05, 3.63) is 62.7 Å². The van der Waals surface area contributed by atoms with Crippen LogP contribution in [0.1, 0.15) is 12.5 Å². The van der Waals surface area contributed by atoms with Crippen molar-refractivity contribution in [2.24, 2.45) is 0 Å². The molecular formula is C19H14ClN3O6. The summed E-state index contributed by atoms with van der Waals surface area (Å²) in [7, 11) is 1.38. The Morgan fingerprint density at radius 2 is 1.97 bits per heavy atom. The second-order valence-electron chi connectivity index (χ2n) is 5.55. The normalized spacial score (nSPS) is 10.6. The minimum absolute atomic E-state index is 0.0442. The number of carbonyl (C=O) groups excluding carboxylic acids is 2. The van der Waals surface area contributed by atoms with Crippen LogP contribution in [0.25, 0.3) is 6.08 Å². The van der Waals surface area contributed by atoms with Crippen molar-refractivity contribution in [1.29, 1.82) is 5.26 Å². The molecule has 0 spiro atoms. The number of hydrogen-bond donors (Lipinski definition) is 1. The molecule has 0 aliphatic carbocycles. The summed E-state index contributed by atoms with van der Waals surface area (Å²) < 4.78 is 10.1. The van der Waals surface area contributed by atoms with E-state index in [0.717, 1.165) is 6.07 Å². The number of methoxy groups -OCH3 is 1. The van der Waals surface area contributed by atoms with Gasteiger partial charge in [0, 0.05) is 19.1 Å². The van der Waals surface area contributed by atoms with E-state index in [0.29, 0.717) is 5.56 Å². The molecule has 0 atom stereocenters. The number of nitrogens with zero attached hydrogens (tertiary/aromatic N) is 2. The first kappa shape index (κ1) is 21.4. The van der Waals surface area contributed by atoms with E-state index in [9.17, 15) is 25.0 Å². The molecule has 2 aromatic carbocycles. The molecule has 0 saturated heterocycles. The third kappa shape index (κ3) is 5.54. The molecule has 29 heavy (non-hydrogen) atoms. The number of ether oxygens (including phenoxy) is 2. The molecule has 9 nitrogen and oxygen atoms in total. The fourth-order valence-electron chi connectivity index (χ4n) is 2.24. The largest absolute Gasteiger partial charge is 0.493 e. The zero-order chi connectivity index (χ0) is 21.6. The van der Waals surface area contributed by atoms with Crippen LogP contribution in [0.15, 0.2) is 42.0 Å². The van der Waals surface area contributed by atoms with E-state index in [1.54, 1.807) is 6.07 Å². The first-order valence-electron chi connectivity index (χ1n) is 7.98. The van der Waals surface area contributed by atoms with Crippen LogP contribution in [0, 0.1) is 21.4 Å². The molecule has 1 N–H and O–H groups in total. The van der Waals surface area contributed by atoms with Crippen molar-refractivity contribution >= 4 is 40.9 Å². The Morgan fingerprint density at radius 3 is 2.52 bits per heavy atom. The number of nitro benzene ring substituents is 1. The highest BCUT2D eigenvalue weighted by Crippen LogP contribution is 2.30. The lowest BCUT2D eigenvalue weighted by Crippen LogP contribution is -2.13. The van der Waals surface area contributed by atoms with Crippen molar-refractivity contribution < 1.29 is 24.0 Å². The molecule has 2 aromatic rings. The van der Waals surface area contributed by atoms with Gasteiger partial charge in [-0.3, -0.25) is 19.7 Å². The molecule has 0 aliphatic rings. The van der Waals surface area contributed by atoms with Crippen molar-refractivity contribution in [3.8, 4) is 17.6 Å².